The molecular weight excluding hydrogens is 469 g/mol. The monoisotopic (exact) mass is 496 g/mol. The third-order valence-electron chi connectivity index (χ3n) is 5.72. The van der Waals surface area contributed by atoms with E-state index in [1.165, 1.54) is 11.7 Å². The van der Waals surface area contributed by atoms with E-state index < -0.39 is 11.9 Å². The van der Waals surface area contributed by atoms with Crippen molar-refractivity contribution < 1.29 is 18.0 Å². The highest BCUT2D eigenvalue weighted by molar-refractivity contribution is 7.59. The van der Waals surface area contributed by atoms with E-state index in [9.17, 15) is 18.0 Å². The van der Waals surface area contributed by atoms with Crippen molar-refractivity contribution >= 4 is 36.6 Å². The number of hydrogen-bond acceptors (Lipinski definition) is 6. The molecule has 3 aromatic rings. The zero-order valence-electron chi connectivity index (χ0n) is 19.2. The number of likely N-dealkylation sites (N-methyl/N-ethyl adjacent to an activating group) is 1. The number of fused-ring (bicyclic) bond motifs is 1. The number of nitrogens with zero attached hydrogens (tertiary/aromatic N) is 6. The molecule has 0 fully saturated rings. The maximum absolute atomic E-state index is 12.9. The normalized spacial score (nSPS) is 15.6. The van der Waals surface area contributed by atoms with Crippen LogP contribution >= 0.6 is 13.5 Å². The van der Waals surface area contributed by atoms with Gasteiger partial charge in [-0.3, -0.25) is 14.2 Å². The van der Waals surface area contributed by atoms with Crippen LogP contribution in [-0.2, 0) is 31.1 Å². The highest BCUT2D eigenvalue weighted by Gasteiger charge is 2.34. The number of carbonyl (C=O) groups is 1. The molecule has 4 rings (SSSR count). The van der Waals surface area contributed by atoms with E-state index in [1.807, 2.05) is 31.9 Å². The second kappa shape index (κ2) is 9.57. The molecule has 0 unspecified atom stereocenters. The Morgan fingerprint density at radius 3 is 2.62 bits per heavy atom. The van der Waals surface area contributed by atoms with Gasteiger partial charge in [-0.2, -0.15) is 36.9 Å². The highest BCUT2D eigenvalue weighted by atomic mass is 32.1. The third-order valence-corrected chi connectivity index (χ3v) is 5.72. The standard InChI is InChI=1S/C21H25F3N8O.H2S/c1-5-15-20(33)28-19-12(2)27-18(7-16(19)30(15)3)25-8-13-9-26-32(10-13)11-14-6-17(21(22,23)24)29-31(14)4;/h6-7,9-10,15H,5,8,11H2,1-4H3,(H,25,27)(H,28,33);1H2/t15-;/m0./s1. The van der Waals surface area contributed by atoms with E-state index in [0.29, 0.717) is 35.9 Å². The Labute approximate surface area is 201 Å². The van der Waals surface area contributed by atoms with Crippen LogP contribution in [0.3, 0.4) is 0 Å². The molecule has 184 valence electrons. The smallest absolute Gasteiger partial charge is 0.366 e. The molecule has 1 aliphatic heterocycles. The van der Waals surface area contributed by atoms with E-state index in [4.69, 9.17) is 0 Å². The second-order valence-corrected chi connectivity index (χ2v) is 8.05. The molecule has 0 bridgehead atoms. The Morgan fingerprint density at radius 2 is 1.97 bits per heavy atom. The van der Waals surface area contributed by atoms with Gasteiger partial charge in [-0.25, -0.2) is 4.98 Å². The lowest BCUT2D eigenvalue weighted by Crippen LogP contribution is -2.45. The van der Waals surface area contributed by atoms with Gasteiger partial charge < -0.3 is 15.5 Å². The van der Waals surface area contributed by atoms with Crippen LogP contribution in [0.5, 0.6) is 0 Å². The van der Waals surface area contributed by atoms with Gasteiger partial charge in [0, 0.05) is 38.5 Å². The minimum absolute atomic E-state index is 0. The van der Waals surface area contributed by atoms with E-state index in [-0.39, 0.29) is 32.0 Å². The van der Waals surface area contributed by atoms with Crippen LogP contribution in [0, 0.1) is 6.92 Å². The molecule has 1 atom stereocenters. The van der Waals surface area contributed by atoms with E-state index in [2.05, 4.69) is 25.8 Å². The van der Waals surface area contributed by atoms with Gasteiger partial charge in [-0.05, 0) is 19.4 Å². The lowest BCUT2D eigenvalue weighted by atomic mass is 10.1. The number of aryl methyl sites for hydroxylation is 2. The maximum Gasteiger partial charge on any atom is 0.435 e. The first-order chi connectivity index (χ1) is 15.6. The molecule has 9 nitrogen and oxygen atoms in total. The number of amides is 1. The average molecular weight is 497 g/mol. The van der Waals surface area contributed by atoms with Crippen molar-refractivity contribution in [3.63, 3.8) is 0 Å². The SMILES string of the molecule is CC[C@H]1C(=O)Nc2c(cc(NCc3cnn(Cc4cc(C(F)(F)F)nn4C)c3)nc2C)N1C.S. The third kappa shape index (κ3) is 4.98. The summed E-state index contributed by atoms with van der Waals surface area (Å²) in [5, 5.41) is 14.0. The molecule has 3 aromatic heterocycles. The van der Waals surface area contributed by atoms with Crippen LogP contribution < -0.4 is 15.5 Å². The van der Waals surface area contributed by atoms with Crippen LogP contribution in [0.25, 0.3) is 0 Å². The highest BCUT2D eigenvalue weighted by Crippen LogP contribution is 2.35. The van der Waals surface area contributed by atoms with Crippen LogP contribution in [0.1, 0.15) is 36.0 Å². The molecule has 1 amide bonds. The molecule has 4 heterocycles. The van der Waals surface area contributed by atoms with Crippen molar-refractivity contribution in [3.8, 4) is 0 Å². The zero-order valence-corrected chi connectivity index (χ0v) is 20.2. The van der Waals surface area contributed by atoms with Crippen molar-refractivity contribution in [1.82, 2.24) is 24.5 Å². The first kappa shape index (κ1) is 25.4. The van der Waals surface area contributed by atoms with Crippen LogP contribution in [-0.4, -0.2) is 43.5 Å². The molecule has 0 saturated heterocycles. The number of rotatable bonds is 6. The zero-order chi connectivity index (χ0) is 23.9. The Balaban J connectivity index is 0.00000324. The molecule has 0 radical (unpaired) electrons. The van der Waals surface area contributed by atoms with Crippen LogP contribution in [0.4, 0.5) is 30.4 Å². The summed E-state index contributed by atoms with van der Waals surface area (Å²) in [5.41, 5.74) is 2.63. The molecular formula is C21H27F3N8OS. The summed E-state index contributed by atoms with van der Waals surface area (Å²) in [6.45, 7) is 4.40. The Hall–Kier alpha value is -3.22. The fraction of sp³-hybridized carbons (Fsp3) is 0.429. The van der Waals surface area contributed by atoms with Gasteiger partial charge in [0.1, 0.15) is 11.9 Å². The number of pyridine rings is 1. The van der Waals surface area contributed by atoms with Gasteiger partial charge in [0.05, 0.1) is 35.5 Å². The molecule has 13 heteroatoms. The quantitative estimate of drug-likeness (QED) is 0.544. The van der Waals surface area contributed by atoms with Gasteiger partial charge in [-0.1, -0.05) is 6.92 Å². The number of alkyl halides is 3. The van der Waals surface area contributed by atoms with Gasteiger partial charge in [0.2, 0.25) is 5.91 Å². The minimum Gasteiger partial charge on any atom is -0.366 e. The summed E-state index contributed by atoms with van der Waals surface area (Å²) >= 11 is 0. The first-order valence-electron chi connectivity index (χ1n) is 10.5. The number of hydrogen-bond donors (Lipinski definition) is 2. The molecule has 0 spiro atoms. The summed E-state index contributed by atoms with van der Waals surface area (Å²) in [4.78, 5) is 18.8. The van der Waals surface area contributed by atoms with E-state index >= 15 is 0 Å². The number of aromatic nitrogens is 5. The van der Waals surface area contributed by atoms with Gasteiger partial charge >= 0.3 is 6.18 Å². The molecule has 34 heavy (non-hydrogen) atoms. The predicted molar refractivity (Wildman–Crippen MR) is 127 cm³/mol. The Morgan fingerprint density at radius 1 is 1.24 bits per heavy atom. The first-order valence-corrected chi connectivity index (χ1v) is 10.5. The topological polar surface area (TPSA) is 92.9 Å². The van der Waals surface area contributed by atoms with Crippen molar-refractivity contribution in [2.24, 2.45) is 7.05 Å². The lowest BCUT2D eigenvalue weighted by Gasteiger charge is -2.35. The summed E-state index contributed by atoms with van der Waals surface area (Å²) in [6.07, 6.45) is -0.383. The van der Waals surface area contributed by atoms with E-state index in [0.717, 1.165) is 17.3 Å². The second-order valence-electron chi connectivity index (χ2n) is 8.05. The fourth-order valence-electron chi connectivity index (χ4n) is 3.92. The summed E-state index contributed by atoms with van der Waals surface area (Å²) in [7, 11) is 3.37. The minimum atomic E-state index is -4.48. The average Bonchev–Trinajstić information content (AvgIpc) is 3.34. The number of halogens is 3. The predicted octanol–water partition coefficient (Wildman–Crippen LogP) is 3.28. The fourth-order valence-corrected chi connectivity index (χ4v) is 3.92. The van der Waals surface area contributed by atoms with E-state index in [1.54, 1.807) is 17.1 Å². The molecule has 2 N–H and O–H groups in total. The Bertz CT molecular complexity index is 1190. The number of carbonyl (C=O) groups excluding carboxylic acids is 1. The van der Waals surface area contributed by atoms with Gasteiger partial charge in [0.25, 0.3) is 0 Å². The largest absolute Gasteiger partial charge is 0.435 e. The molecule has 1 aliphatic rings. The van der Waals surface area contributed by atoms with Crippen LogP contribution in [0.15, 0.2) is 24.5 Å². The summed E-state index contributed by atoms with van der Waals surface area (Å²) < 4.78 is 41.4. The van der Waals surface area contributed by atoms with Crippen molar-refractivity contribution in [1.29, 1.82) is 0 Å². The molecule has 0 saturated carbocycles. The number of nitrogens with one attached hydrogen (secondary N) is 2. The lowest BCUT2D eigenvalue weighted by molar-refractivity contribution is -0.141. The summed E-state index contributed by atoms with van der Waals surface area (Å²) in [6, 6.07) is 2.68. The Kier molecular flexibility index (Phi) is 7.15. The molecule has 0 aliphatic carbocycles. The van der Waals surface area contributed by atoms with Gasteiger partial charge in [-0.15, -0.1) is 0 Å². The van der Waals surface area contributed by atoms with Crippen molar-refractivity contribution in [3.05, 3.63) is 47.2 Å². The van der Waals surface area contributed by atoms with Gasteiger partial charge in [0.15, 0.2) is 5.69 Å². The number of anilines is 3. The summed E-state index contributed by atoms with van der Waals surface area (Å²) in [5.74, 6) is 0.611. The van der Waals surface area contributed by atoms with Crippen LogP contribution in [0.2, 0.25) is 0 Å². The van der Waals surface area contributed by atoms with Crippen molar-refractivity contribution in [2.45, 2.75) is 45.6 Å². The van der Waals surface area contributed by atoms with Crippen molar-refractivity contribution in [2.75, 3.05) is 22.6 Å². The molecule has 0 aromatic carbocycles. The maximum atomic E-state index is 12.9.